The number of hydrogen-bond acceptors (Lipinski definition) is 1. The molecule has 2 aromatic carbocycles. The summed E-state index contributed by atoms with van der Waals surface area (Å²) in [5.41, 5.74) is -1.10. The van der Waals surface area contributed by atoms with Crippen LogP contribution in [0.15, 0.2) is 51.4 Å². The fraction of sp³-hybridized carbons (Fsp3) is 0.0714. The van der Waals surface area contributed by atoms with Gasteiger partial charge in [0.15, 0.2) is 5.78 Å². The van der Waals surface area contributed by atoms with Crippen molar-refractivity contribution < 1.29 is 18.0 Å². The molecule has 0 fully saturated rings. The number of carbonyl (C=O) groups is 1. The second-order valence-corrected chi connectivity index (χ2v) is 5.77. The van der Waals surface area contributed by atoms with E-state index in [1.54, 1.807) is 12.1 Å². The van der Waals surface area contributed by atoms with Crippen LogP contribution in [0, 0.1) is 0 Å². The van der Waals surface area contributed by atoms with Gasteiger partial charge >= 0.3 is 6.18 Å². The normalized spacial score (nSPS) is 11.4. The van der Waals surface area contributed by atoms with Crippen LogP contribution in [0.3, 0.4) is 0 Å². The Labute approximate surface area is 130 Å². The summed E-state index contributed by atoms with van der Waals surface area (Å²) in [5.74, 6) is -0.669. The Bertz CT molecular complexity index is 666. The lowest BCUT2D eigenvalue weighted by molar-refractivity contribution is -0.137. The minimum Gasteiger partial charge on any atom is -0.289 e. The van der Waals surface area contributed by atoms with Crippen molar-refractivity contribution in [2.45, 2.75) is 6.18 Å². The van der Waals surface area contributed by atoms with E-state index in [0.29, 0.717) is 4.47 Å². The highest BCUT2D eigenvalue weighted by Crippen LogP contribution is 2.34. The fourth-order valence-electron chi connectivity index (χ4n) is 1.75. The molecule has 0 saturated heterocycles. The summed E-state index contributed by atoms with van der Waals surface area (Å²) < 4.78 is 39.9. The molecule has 2 aromatic rings. The molecule has 20 heavy (non-hydrogen) atoms. The van der Waals surface area contributed by atoms with Gasteiger partial charge < -0.3 is 0 Å². The Kier molecular flexibility index (Phi) is 4.34. The zero-order valence-corrected chi connectivity index (χ0v) is 13.0. The van der Waals surface area contributed by atoms with E-state index in [1.165, 1.54) is 24.3 Å². The summed E-state index contributed by atoms with van der Waals surface area (Å²) >= 11 is 6.41. The van der Waals surface area contributed by atoms with Crippen molar-refractivity contribution in [3.8, 4) is 0 Å². The maximum absolute atomic E-state index is 12.9. The van der Waals surface area contributed by atoms with Crippen molar-refractivity contribution in [3.63, 3.8) is 0 Å². The molecule has 0 aliphatic carbocycles. The predicted octanol–water partition coefficient (Wildman–Crippen LogP) is 5.46. The fourth-order valence-corrected chi connectivity index (χ4v) is 2.97. The van der Waals surface area contributed by atoms with Crippen molar-refractivity contribution in [1.82, 2.24) is 0 Å². The van der Waals surface area contributed by atoms with Gasteiger partial charge in [0.25, 0.3) is 0 Å². The topological polar surface area (TPSA) is 17.1 Å². The molecule has 6 heteroatoms. The maximum atomic E-state index is 12.9. The van der Waals surface area contributed by atoms with E-state index in [0.717, 1.165) is 10.5 Å². The van der Waals surface area contributed by atoms with Gasteiger partial charge in [0.05, 0.1) is 5.56 Å². The molecular formula is C14H7Br2F3O. The summed E-state index contributed by atoms with van der Waals surface area (Å²) in [5, 5.41) is 0. The Balaban J connectivity index is 2.55. The Hall–Kier alpha value is -1.14. The minimum atomic E-state index is -4.56. The lowest BCUT2D eigenvalue weighted by Gasteiger charge is -2.12. The maximum Gasteiger partial charge on any atom is 0.417 e. The van der Waals surface area contributed by atoms with Crippen LogP contribution in [0.2, 0.25) is 0 Å². The van der Waals surface area contributed by atoms with Gasteiger partial charge in [-0.3, -0.25) is 4.79 Å². The van der Waals surface area contributed by atoms with Crippen molar-refractivity contribution in [1.29, 1.82) is 0 Å². The summed E-state index contributed by atoms with van der Waals surface area (Å²) in [7, 11) is 0. The molecule has 0 unspecified atom stereocenters. The number of alkyl halides is 3. The molecule has 1 nitrogen and oxygen atoms in total. The molecule has 2 rings (SSSR count). The van der Waals surface area contributed by atoms with Gasteiger partial charge in [0, 0.05) is 20.1 Å². The van der Waals surface area contributed by atoms with E-state index in [1.807, 2.05) is 0 Å². The molecule has 0 aliphatic rings. The van der Waals surface area contributed by atoms with Crippen LogP contribution in [-0.2, 0) is 6.18 Å². The molecule has 0 aromatic heterocycles. The quantitative estimate of drug-likeness (QED) is 0.604. The first-order valence-corrected chi connectivity index (χ1v) is 7.05. The van der Waals surface area contributed by atoms with Gasteiger partial charge in [-0.05, 0) is 40.2 Å². The number of hydrogen-bond donors (Lipinski definition) is 0. The summed E-state index contributed by atoms with van der Waals surface area (Å²) in [4.78, 5) is 12.3. The highest BCUT2D eigenvalue weighted by atomic mass is 79.9. The lowest BCUT2D eigenvalue weighted by atomic mass is 9.98. The van der Waals surface area contributed by atoms with E-state index in [9.17, 15) is 18.0 Å². The van der Waals surface area contributed by atoms with Crippen molar-refractivity contribution in [3.05, 3.63) is 68.1 Å². The highest BCUT2D eigenvalue weighted by molar-refractivity contribution is 9.11. The predicted molar refractivity (Wildman–Crippen MR) is 76.7 cm³/mol. The minimum absolute atomic E-state index is 0.185. The average molecular weight is 408 g/mol. The Morgan fingerprint density at radius 2 is 1.60 bits per heavy atom. The number of rotatable bonds is 2. The van der Waals surface area contributed by atoms with Crippen LogP contribution in [0.4, 0.5) is 13.2 Å². The van der Waals surface area contributed by atoms with Crippen molar-refractivity contribution in [2.24, 2.45) is 0 Å². The summed E-state index contributed by atoms with van der Waals surface area (Å²) in [6, 6.07) is 9.45. The number of halogens is 5. The third-order valence-electron chi connectivity index (χ3n) is 2.65. The molecule has 0 heterocycles. The van der Waals surface area contributed by atoms with Gasteiger partial charge in [-0.15, -0.1) is 0 Å². The third-order valence-corrected chi connectivity index (χ3v) is 3.80. The molecule has 0 spiro atoms. The molecule has 104 valence electrons. The largest absolute Gasteiger partial charge is 0.417 e. The molecule has 0 amide bonds. The van der Waals surface area contributed by atoms with E-state index in [2.05, 4.69) is 31.9 Å². The summed E-state index contributed by atoms with van der Waals surface area (Å²) in [6.07, 6.45) is -4.56. The molecule has 0 aliphatic heterocycles. The van der Waals surface area contributed by atoms with E-state index < -0.39 is 17.5 Å². The lowest BCUT2D eigenvalue weighted by Crippen LogP contribution is -2.14. The first kappa shape index (κ1) is 15.3. The SMILES string of the molecule is O=C(c1ccc(Br)cc1Br)c1ccccc1C(F)(F)F. The van der Waals surface area contributed by atoms with Crippen LogP contribution in [0.25, 0.3) is 0 Å². The van der Waals surface area contributed by atoms with Gasteiger partial charge in [-0.2, -0.15) is 13.2 Å². The molecule has 0 atom stereocenters. The molecule has 0 N–H and O–H groups in total. The first-order valence-electron chi connectivity index (χ1n) is 5.46. The molecule has 0 bridgehead atoms. The van der Waals surface area contributed by atoms with Crippen LogP contribution >= 0.6 is 31.9 Å². The molecule has 0 saturated carbocycles. The van der Waals surface area contributed by atoms with Gasteiger partial charge in [-0.25, -0.2) is 0 Å². The van der Waals surface area contributed by atoms with E-state index in [-0.39, 0.29) is 11.1 Å². The highest BCUT2D eigenvalue weighted by Gasteiger charge is 2.35. The molecule has 0 radical (unpaired) electrons. The van der Waals surface area contributed by atoms with Crippen LogP contribution in [-0.4, -0.2) is 5.78 Å². The van der Waals surface area contributed by atoms with E-state index in [4.69, 9.17) is 0 Å². The Morgan fingerprint density at radius 3 is 2.20 bits per heavy atom. The van der Waals surface area contributed by atoms with Gasteiger partial charge in [0.1, 0.15) is 0 Å². The van der Waals surface area contributed by atoms with Crippen LogP contribution < -0.4 is 0 Å². The number of benzene rings is 2. The third kappa shape index (κ3) is 3.12. The zero-order chi connectivity index (χ0) is 14.9. The monoisotopic (exact) mass is 406 g/mol. The molecular weight excluding hydrogens is 401 g/mol. The van der Waals surface area contributed by atoms with Crippen molar-refractivity contribution in [2.75, 3.05) is 0 Å². The standard InChI is InChI=1S/C14H7Br2F3O/c15-8-5-6-10(12(16)7-8)13(20)9-3-1-2-4-11(9)14(17,18)19/h1-7H. The first-order chi connectivity index (χ1) is 9.30. The second kappa shape index (κ2) is 5.69. The number of carbonyl (C=O) groups excluding carboxylic acids is 1. The van der Waals surface area contributed by atoms with Gasteiger partial charge in [0.2, 0.25) is 0 Å². The number of ketones is 1. The second-order valence-electron chi connectivity index (χ2n) is 4.00. The van der Waals surface area contributed by atoms with Gasteiger partial charge in [-0.1, -0.05) is 34.1 Å². The Morgan fingerprint density at radius 1 is 0.950 bits per heavy atom. The summed E-state index contributed by atoms with van der Waals surface area (Å²) in [6.45, 7) is 0. The van der Waals surface area contributed by atoms with Crippen molar-refractivity contribution >= 4 is 37.6 Å². The zero-order valence-electron chi connectivity index (χ0n) is 9.84. The average Bonchev–Trinajstić information content (AvgIpc) is 2.37. The van der Waals surface area contributed by atoms with E-state index >= 15 is 0 Å². The van der Waals surface area contributed by atoms with Crippen LogP contribution in [0.1, 0.15) is 21.5 Å². The van der Waals surface area contributed by atoms with Crippen LogP contribution in [0.5, 0.6) is 0 Å². The smallest absolute Gasteiger partial charge is 0.289 e.